The number of carbonyl (C=O) groups is 2. The molecule has 4 aromatic rings. The molecule has 0 radical (unpaired) electrons. The van der Waals surface area contributed by atoms with Gasteiger partial charge in [0.15, 0.2) is 0 Å². The molecular weight excluding hydrogens is 454 g/mol. The van der Waals surface area contributed by atoms with Crippen LogP contribution in [0, 0.1) is 0 Å². The Labute approximate surface area is 211 Å². The van der Waals surface area contributed by atoms with Crippen LogP contribution in [0.3, 0.4) is 0 Å². The van der Waals surface area contributed by atoms with Gasteiger partial charge in [-0.3, -0.25) is 9.36 Å². The molecule has 0 fully saturated rings. The van der Waals surface area contributed by atoms with E-state index in [1.807, 2.05) is 75.4 Å². The van der Waals surface area contributed by atoms with Crippen LogP contribution in [0.1, 0.15) is 38.3 Å². The normalized spacial score (nSPS) is 11.3. The van der Waals surface area contributed by atoms with Gasteiger partial charge in [0, 0.05) is 18.0 Å². The lowest BCUT2D eigenvalue weighted by atomic mass is 10.0. The van der Waals surface area contributed by atoms with Gasteiger partial charge >= 0.3 is 12.1 Å². The highest BCUT2D eigenvalue weighted by molar-refractivity contribution is 5.92. The average Bonchev–Trinajstić information content (AvgIpc) is 3.29. The number of aryl methyl sites for hydroxylation is 1. The number of rotatable bonds is 7. The highest BCUT2D eigenvalue weighted by atomic mass is 16.6. The van der Waals surface area contributed by atoms with Crippen molar-refractivity contribution < 1.29 is 23.8 Å². The molecule has 6 nitrogen and oxygen atoms in total. The summed E-state index contributed by atoms with van der Waals surface area (Å²) >= 11 is 0. The Bertz CT molecular complexity index is 1360. The zero-order valence-corrected chi connectivity index (χ0v) is 21.1. The van der Waals surface area contributed by atoms with E-state index in [-0.39, 0.29) is 12.1 Å². The molecule has 0 spiro atoms. The molecular formula is C30H31NO5. The molecule has 0 aliphatic heterocycles. The average molecular weight is 486 g/mol. The summed E-state index contributed by atoms with van der Waals surface area (Å²) in [4.78, 5) is 23.8. The molecule has 0 aliphatic carbocycles. The topological polar surface area (TPSA) is 66.8 Å². The molecule has 3 aromatic carbocycles. The van der Waals surface area contributed by atoms with Gasteiger partial charge in [-0.2, -0.15) is 0 Å². The molecule has 6 heteroatoms. The molecule has 0 saturated heterocycles. The van der Waals surface area contributed by atoms with Gasteiger partial charge in [0.2, 0.25) is 0 Å². The van der Waals surface area contributed by atoms with Crippen molar-refractivity contribution >= 4 is 23.0 Å². The van der Waals surface area contributed by atoms with Crippen LogP contribution in [0.4, 0.5) is 4.79 Å². The molecule has 1 heterocycles. The fourth-order valence-corrected chi connectivity index (χ4v) is 3.90. The van der Waals surface area contributed by atoms with Crippen molar-refractivity contribution in [3.63, 3.8) is 0 Å². The summed E-state index contributed by atoms with van der Waals surface area (Å²) in [6.07, 6.45) is 2.36. The quantitative estimate of drug-likeness (QED) is 0.270. The first kappa shape index (κ1) is 25.0. The van der Waals surface area contributed by atoms with E-state index in [2.05, 4.69) is 22.9 Å². The van der Waals surface area contributed by atoms with Crippen molar-refractivity contribution in [2.24, 2.45) is 0 Å². The molecule has 0 atom stereocenters. The summed E-state index contributed by atoms with van der Waals surface area (Å²) in [7, 11) is 1.40. The summed E-state index contributed by atoms with van der Waals surface area (Å²) in [5, 5.41) is 0.965. The molecule has 0 amide bonds. The van der Waals surface area contributed by atoms with Gasteiger partial charge in [-0.05, 0) is 85.8 Å². The van der Waals surface area contributed by atoms with Crippen molar-refractivity contribution in [2.45, 2.75) is 45.8 Å². The van der Waals surface area contributed by atoms with Crippen molar-refractivity contribution in [2.75, 3.05) is 7.11 Å². The molecule has 0 N–H and O–H groups in total. The largest absolute Gasteiger partial charge is 0.489 e. The van der Waals surface area contributed by atoms with Gasteiger partial charge in [0.1, 0.15) is 18.0 Å². The molecule has 0 unspecified atom stereocenters. The zero-order chi connectivity index (χ0) is 25.7. The van der Waals surface area contributed by atoms with E-state index < -0.39 is 5.60 Å². The van der Waals surface area contributed by atoms with Gasteiger partial charge < -0.3 is 14.2 Å². The maximum absolute atomic E-state index is 12.5. The summed E-state index contributed by atoms with van der Waals surface area (Å²) in [5.74, 6) is 0.557. The fourth-order valence-electron chi connectivity index (χ4n) is 3.90. The molecule has 4 rings (SSSR count). The predicted molar refractivity (Wildman–Crippen MR) is 140 cm³/mol. The maximum Gasteiger partial charge on any atom is 0.418 e. The summed E-state index contributed by atoms with van der Waals surface area (Å²) in [6.45, 7) is 6.00. The Balaban J connectivity index is 1.43. The molecule has 186 valence electrons. The standard InChI is InChI=1S/C30H31NO5/c1-30(2,3)36-29(33)31-17-16-25-19-24(11-14-27(25)31)23-7-5-6-22(18-23)20-35-26-12-8-21(9-13-26)10-15-28(32)34-4/h5-9,11-14,16-19H,10,15,20H2,1-4H3. The van der Waals surface area contributed by atoms with Crippen LogP contribution in [-0.4, -0.2) is 29.3 Å². The van der Waals surface area contributed by atoms with E-state index >= 15 is 0 Å². The van der Waals surface area contributed by atoms with Crippen LogP contribution in [0.5, 0.6) is 5.75 Å². The minimum Gasteiger partial charge on any atom is -0.489 e. The lowest BCUT2D eigenvalue weighted by Crippen LogP contribution is -2.26. The second-order valence-electron chi connectivity index (χ2n) is 9.65. The first-order valence-electron chi connectivity index (χ1n) is 11.9. The number of aromatic nitrogens is 1. The Morgan fingerprint density at radius 2 is 1.61 bits per heavy atom. The SMILES string of the molecule is COC(=O)CCc1ccc(OCc2cccc(-c3ccc4c(ccn4C(=O)OC(C)(C)C)c3)c2)cc1. The summed E-state index contributed by atoms with van der Waals surface area (Å²) < 4.78 is 17.7. The van der Waals surface area contributed by atoms with Crippen LogP contribution < -0.4 is 4.74 Å². The van der Waals surface area contributed by atoms with Crippen molar-refractivity contribution in [1.29, 1.82) is 0 Å². The van der Waals surface area contributed by atoms with E-state index in [9.17, 15) is 9.59 Å². The van der Waals surface area contributed by atoms with E-state index in [1.165, 1.54) is 11.7 Å². The second kappa shape index (κ2) is 10.7. The Hall–Kier alpha value is -4.06. The van der Waals surface area contributed by atoms with Gasteiger partial charge in [0.05, 0.1) is 12.6 Å². The fraction of sp³-hybridized carbons (Fsp3) is 0.267. The van der Waals surface area contributed by atoms with E-state index in [0.29, 0.717) is 19.4 Å². The zero-order valence-electron chi connectivity index (χ0n) is 21.1. The number of ether oxygens (including phenoxy) is 3. The van der Waals surface area contributed by atoms with Gasteiger partial charge in [-0.15, -0.1) is 0 Å². The lowest BCUT2D eigenvalue weighted by molar-refractivity contribution is -0.140. The van der Waals surface area contributed by atoms with Crippen molar-refractivity contribution in [1.82, 2.24) is 4.57 Å². The molecule has 36 heavy (non-hydrogen) atoms. The maximum atomic E-state index is 12.5. The summed E-state index contributed by atoms with van der Waals surface area (Å²) in [6, 6.07) is 23.9. The van der Waals surface area contributed by atoms with Gasteiger partial charge in [-0.1, -0.05) is 36.4 Å². The van der Waals surface area contributed by atoms with Gasteiger partial charge in [0.25, 0.3) is 0 Å². The summed E-state index contributed by atoms with van der Waals surface area (Å²) in [5.41, 5.74) is 4.49. The second-order valence-corrected chi connectivity index (χ2v) is 9.65. The van der Waals surface area contributed by atoms with Crippen LogP contribution in [0.2, 0.25) is 0 Å². The van der Waals surface area contributed by atoms with Crippen LogP contribution in [0.15, 0.2) is 79.0 Å². The Kier molecular flexibility index (Phi) is 7.44. The number of nitrogens with zero attached hydrogens (tertiary/aromatic N) is 1. The number of esters is 1. The Morgan fingerprint density at radius 1 is 0.861 bits per heavy atom. The Morgan fingerprint density at radius 3 is 2.33 bits per heavy atom. The molecule has 1 aromatic heterocycles. The lowest BCUT2D eigenvalue weighted by Gasteiger charge is -2.19. The third-order valence-electron chi connectivity index (χ3n) is 5.72. The number of benzene rings is 3. The third kappa shape index (κ3) is 6.33. The van der Waals surface area contributed by atoms with Crippen LogP contribution >= 0.6 is 0 Å². The molecule has 0 aliphatic rings. The molecule has 0 bridgehead atoms. The number of hydrogen-bond acceptors (Lipinski definition) is 5. The van der Waals surface area contributed by atoms with E-state index in [4.69, 9.17) is 9.47 Å². The van der Waals surface area contributed by atoms with Crippen molar-refractivity contribution in [3.8, 4) is 16.9 Å². The number of methoxy groups -OCH3 is 1. The van der Waals surface area contributed by atoms with Crippen molar-refractivity contribution in [3.05, 3.63) is 90.1 Å². The number of hydrogen-bond donors (Lipinski definition) is 0. The highest BCUT2D eigenvalue weighted by Gasteiger charge is 2.19. The first-order chi connectivity index (χ1) is 17.2. The van der Waals surface area contributed by atoms with Gasteiger partial charge in [-0.25, -0.2) is 4.79 Å². The smallest absolute Gasteiger partial charge is 0.418 e. The highest BCUT2D eigenvalue weighted by Crippen LogP contribution is 2.27. The van der Waals surface area contributed by atoms with Crippen LogP contribution in [0.25, 0.3) is 22.0 Å². The minimum absolute atomic E-state index is 0.213. The monoisotopic (exact) mass is 485 g/mol. The number of fused-ring (bicyclic) bond motifs is 1. The minimum atomic E-state index is -0.553. The predicted octanol–water partition coefficient (Wildman–Crippen LogP) is 6.78. The molecule has 0 saturated carbocycles. The van der Waals surface area contributed by atoms with Crippen LogP contribution in [-0.2, 0) is 27.3 Å². The van der Waals surface area contributed by atoms with E-state index in [0.717, 1.165) is 38.9 Å². The number of carbonyl (C=O) groups excluding carboxylic acids is 2. The first-order valence-corrected chi connectivity index (χ1v) is 11.9. The third-order valence-corrected chi connectivity index (χ3v) is 5.72. The van der Waals surface area contributed by atoms with E-state index in [1.54, 1.807) is 6.20 Å².